The molecule has 7 heteroatoms. The Bertz CT molecular complexity index is 532. The number of nitrogens with one attached hydrogen (secondary N) is 2. The zero-order valence-corrected chi connectivity index (χ0v) is 14.2. The van der Waals surface area contributed by atoms with Crippen LogP contribution >= 0.6 is 15.9 Å². The highest BCUT2D eigenvalue weighted by atomic mass is 79.9. The van der Waals surface area contributed by atoms with E-state index in [2.05, 4.69) is 26.6 Å². The molecule has 0 spiro atoms. The Hall–Kier alpha value is -1.76. The normalized spacial score (nSPS) is 9.95. The van der Waals surface area contributed by atoms with Crippen LogP contribution in [-0.4, -0.2) is 44.6 Å². The van der Waals surface area contributed by atoms with Crippen molar-refractivity contribution in [2.45, 2.75) is 13.3 Å². The van der Waals surface area contributed by atoms with Crippen molar-refractivity contribution in [1.82, 2.24) is 10.2 Å². The van der Waals surface area contributed by atoms with Gasteiger partial charge in [-0.05, 0) is 24.6 Å². The quantitative estimate of drug-likeness (QED) is 0.849. The molecular weight excluding hydrogens is 338 g/mol. The number of urea groups is 1. The van der Waals surface area contributed by atoms with Crippen LogP contribution in [-0.2, 0) is 4.79 Å². The molecule has 0 aliphatic heterocycles. The summed E-state index contributed by atoms with van der Waals surface area (Å²) >= 11 is 3.38. The molecule has 1 rings (SSSR count). The first-order valence-electron chi connectivity index (χ1n) is 6.44. The van der Waals surface area contributed by atoms with Gasteiger partial charge in [-0.3, -0.25) is 4.79 Å². The smallest absolute Gasteiger partial charge is 0.319 e. The molecule has 1 aromatic rings. The summed E-state index contributed by atoms with van der Waals surface area (Å²) in [7, 11) is 4.90. The van der Waals surface area contributed by atoms with Crippen LogP contribution in [0.5, 0.6) is 5.75 Å². The van der Waals surface area contributed by atoms with E-state index in [1.807, 2.05) is 13.0 Å². The lowest BCUT2D eigenvalue weighted by Gasteiger charge is -2.15. The van der Waals surface area contributed by atoms with Crippen molar-refractivity contribution in [3.05, 3.63) is 22.2 Å². The Balaban J connectivity index is 2.61. The second kappa shape index (κ2) is 7.87. The van der Waals surface area contributed by atoms with E-state index in [1.165, 1.54) is 4.90 Å². The fourth-order valence-corrected chi connectivity index (χ4v) is 2.25. The molecule has 0 radical (unpaired) electrons. The Kier molecular flexibility index (Phi) is 6.48. The Morgan fingerprint density at radius 2 is 2.00 bits per heavy atom. The lowest BCUT2D eigenvalue weighted by atomic mass is 10.2. The molecule has 21 heavy (non-hydrogen) atoms. The number of hydrogen-bond donors (Lipinski definition) is 2. The number of halogens is 1. The minimum atomic E-state index is -0.370. The SMILES string of the molecule is COc1cc(Br)cc(C)c1NC(=O)NCCC(=O)N(C)C. The number of benzene rings is 1. The number of carbonyl (C=O) groups excluding carboxylic acids is 2. The molecule has 3 amide bonds. The van der Waals surface area contributed by atoms with Gasteiger partial charge in [-0.15, -0.1) is 0 Å². The fourth-order valence-electron chi connectivity index (χ4n) is 1.70. The van der Waals surface area contributed by atoms with Crippen molar-refractivity contribution in [1.29, 1.82) is 0 Å². The molecular formula is C14H20BrN3O3. The summed E-state index contributed by atoms with van der Waals surface area (Å²) in [6, 6.07) is 3.29. The van der Waals surface area contributed by atoms with Crippen LogP contribution in [0.25, 0.3) is 0 Å². The Morgan fingerprint density at radius 3 is 2.57 bits per heavy atom. The molecule has 0 unspecified atom stereocenters. The van der Waals surface area contributed by atoms with Gasteiger partial charge in [-0.2, -0.15) is 0 Å². The largest absolute Gasteiger partial charge is 0.495 e. The second-order valence-electron chi connectivity index (χ2n) is 4.72. The van der Waals surface area contributed by atoms with Gasteiger partial charge in [0.2, 0.25) is 5.91 Å². The van der Waals surface area contributed by atoms with Crippen LogP contribution in [0, 0.1) is 6.92 Å². The van der Waals surface area contributed by atoms with Crippen molar-refractivity contribution in [3.63, 3.8) is 0 Å². The van der Waals surface area contributed by atoms with Gasteiger partial charge >= 0.3 is 6.03 Å². The molecule has 0 aromatic heterocycles. The van der Waals surface area contributed by atoms with Crippen LogP contribution in [0.2, 0.25) is 0 Å². The second-order valence-corrected chi connectivity index (χ2v) is 5.63. The molecule has 1 aromatic carbocycles. The average molecular weight is 358 g/mol. The molecule has 0 saturated heterocycles. The van der Waals surface area contributed by atoms with Gasteiger partial charge in [-0.25, -0.2) is 4.79 Å². The number of carbonyl (C=O) groups is 2. The summed E-state index contributed by atoms with van der Waals surface area (Å²) in [6.45, 7) is 2.15. The summed E-state index contributed by atoms with van der Waals surface area (Å²) in [5.74, 6) is 0.536. The zero-order valence-electron chi connectivity index (χ0n) is 12.6. The van der Waals surface area contributed by atoms with Crippen LogP contribution in [0.15, 0.2) is 16.6 Å². The summed E-state index contributed by atoms with van der Waals surface area (Å²) in [6.07, 6.45) is 0.261. The maximum atomic E-state index is 11.9. The van der Waals surface area contributed by atoms with Crippen molar-refractivity contribution in [3.8, 4) is 5.75 Å². The van der Waals surface area contributed by atoms with Crippen LogP contribution in [0.3, 0.4) is 0 Å². The summed E-state index contributed by atoms with van der Waals surface area (Å²) in [5, 5.41) is 5.38. The molecule has 0 saturated carbocycles. The first kappa shape index (κ1) is 17.3. The molecule has 0 heterocycles. The lowest BCUT2D eigenvalue weighted by molar-refractivity contribution is -0.128. The van der Waals surface area contributed by atoms with Gasteiger partial charge in [0.1, 0.15) is 5.75 Å². The average Bonchev–Trinajstić information content (AvgIpc) is 2.41. The standard InChI is InChI=1S/C14H20BrN3O3/c1-9-7-10(15)8-11(21-4)13(9)17-14(20)16-6-5-12(19)18(2)3/h7-8H,5-6H2,1-4H3,(H2,16,17,20). The third kappa shape index (κ3) is 5.26. The summed E-state index contributed by atoms with van der Waals surface area (Å²) in [5.41, 5.74) is 1.48. The molecule has 0 bridgehead atoms. The summed E-state index contributed by atoms with van der Waals surface area (Å²) in [4.78, 5) is 24.7. The molecule has 116 valence electrons. The number of amides is 3. The Labute approximate surface area is 133 Å². The molecule has 0 aliphatic rings. The van der Waals surface area contributed by atoms with Gasteiger partial charge in [-0.1, -0.05) is 15.9 Å². The molecule has 6 nitrogen and oxygen atoms in total. The number of methoxy groups -OCH3 is 1. The third-order valence-electron chi connectivity index (χ3n) is 2.85. The van der Waals surface area contributed by atoms with E-state index in [1.54, 1.807) is 27.3 Å². The predicted octanol–water partition coefficient (Wildman–Crippen LogP) is 2.37. The van der Waals surface area contributed by atoms with Crippen LogP contribution in [0.4, 0.5) is 10.5 Å². The van der Waals surface area contributed by atoms with Crippen molar-refractivity contribution < 1.29 is 14.3 Å². The van der Waals surface area contributed by atoms with E-state index < -0.39 is 0 Å². The Morgan fingerprint density at radius 1 is 1.33 bits per heavy atom. The molecule has 0 atom stereocenters. The summed E-state index contributed by atoms with van der Waals surface area (Å²) < 4.78 is 6.12. The molecule has 2 N–H and O–H groups in total. The van der Waals surface area contributed by atoms with Crippen molar-refractivity contribution in [2.24, 2.45) is 0 Å². The number of anilines is 1. The van der Waals surface area contributed by atoms with Crippen LogP contribution in [0.1, 0.15) is 12.0 Å². The van der Waals surface area contributed by atoms with E-state index in [4.69, 9.17) is 4.74 Å². The highest BCUT2D eigenvalue weighted by Crippen LogP contribution is 2.31. The highest BCUT2D eigenvalue weighted by Gasteiger charge is 2.12. The molecule has 0 aliphatic carbocycles. The van der Waals surface area contributed by atoms with E-state index in [0.717, 1.165) is 10.0 Å². The van der Waals surface area contributed by atoms with Gasteiger partial charge < -0.3 is 20.3 Å². The first-order valence-corrected chi connectivity index (χ1v) is 7.23. The van der Waals surface area contributed by atoms with Crippen molar-refractivity contribution in [2.75, 3.05) is 33.1 Å². The third-order valence-corrected chi connectivity index (χ3v) is 3.30. The van der Waals surface area contributed by atoms with Gasteiger partial charge in [0.05, 0.1) is 12.8 Å². The van der Waals surface area contributed by atoms with E-state index >= 15 is 0 Å². The fraction of sp³-hybridized carbons (Fsp3) is 0.429. The van der Waals surface area contributed by atoms with Gasteiger partial charge in [0, 0.05) is 31.5 Å². The number of nitrogens with zero attached hydrogens (tertiary/aromatic N) is 1. The minimum Gasteiger partial charge on any atom is -0.495 e. The molecule has 0 fully saturated rings. The highest BCUT2D eigenvalue weighted by molar-refractivity contribution is 9.10. The van der Waals surface area contributed by atoms with Gasteiger partial charge in [0.25, 0.3) is 0 Å². The topological polar surface area (TPSA) is 70.7 Å². The minimum absolute atomic E-state index is 0.0345. The van der Waals surface area contributed by atoms with Crippen LogP contribution < -0.4 is 15.4 Å². The van der Waals surface area contributed by atoms with Crippen molar-refractivity contribution >= 4 is 33.6 Å². The monoisotopic (exact) mass is 357 g/mol. The van der Waals surface area contributed by atoms with E-state index in [0.29, 0.717) is 11.4 Å². The van der Waals surface area contributed by atoms with E-state index in [9.17, 15) is 9.59 Å². The maximum absolute atomic E-state index is 11.9. The van der Waals surface area contributed by atoms with Gasteiger partial charge in [0.15, 0.2) is 0 Å². The first-order chi connectivity index (χ1) is 9.85. The number of aryl methyl sites for hydroxylation is 1. The zero-order chi connectivity index (χ0) is 16.0. The van der Waals surface area contributed by atoms with E-state index in [-0.39, 0.29) is 24.9 Å². The maximum Gasteiger partial charge on any atom is 0.319 e. The number of hydrogen-bond acceptors (Lipinski definition) is 3. The number of ether oxygens (including phenoxy) is 1. The number of rotatable bonds is 5. The lowest BCUT2D eigenvalue weighted by Crippen LogP contribution is -2.33. The predicted molar refractivity (Wildman–Crippen MR) is 85.8 cm³/mol.